The lowest BCUT2D eigenvalue weighted by molar-refractivity contribution is 0.440. The van der Waals surface area contributed by atoms with Gasteiger partial charge in [0.05, 0.1) is 5.69 Å². The van der Waals surface area contributed by atoms with E-state index in [1.165, 1.54) is 6.42 Å². The largest absolute Gasteiger partial charge is 0.316 e. The summed E-state index contributed by atoms with van der Waals surface area (Å²) in [5, 5.41) is 16.8. The van der Waals surface area contributed by atoms with E-state index in [2.05, 4.69) is 43.6 Å². The number of hydrogen-bond acceptors (Lipinski definition) is 4. The van der Waals surface area contributed by atoms with Gasteiger partial charge < -0.3 is 5.32 Å². The van der Waals surface area contributed by atoms with Gasteiger partial charge in [0.15, 0.2) is 11.5 Å². The molecule has 1 aliphatic rings. The van der Waals surface area contributed by atoms with Gasteiger partial charge in [-0.25, -0.2) is 0 Å². The predicted molar refractivity (Wildman–Crippen MR) is 88.8 cm³/mol. The van der Waals surface area contributed by atoms with Gasteiger partial charge in [-0.3, -0.25) is 0 Å². The highest BCUT2D eigenvalue weighted by molar-refractivity contribution is 9.10. The van der Waals surface area contributed by atoms with Crippen molar-refractivity contribution in [1.29, 1.82) is 0 Å². The van der Waals surface area contributed by atoms with Gasteiger partial charge >= 0.3 is 0 Å². The van der Waals surface area contributed by atoms with Gasteiger partial charge in [0.25, 0.3) is 0 Å². The zero-order chi connectivity index (χ0) is 14.9. The van der Waals surface area contributed by atoms with Crippen LogP contribution in [0.4, 0.5) is 0 Å². The van der Waals surface area contributed by atoms with E-state index in [-0.39, 0.29) is 0 Å². The fourth-order valence-corrected chi connectivity index (χ4v) is 3.17. The molecule has 3 aromatic rings. The van der Waals surface area contributed by atoms with Crippen molar-refractivity contribution in [2.45, 2.75) is 18.8 Å². The Balaban J connectivity index is 1.77. The first-order valence-corrected chi connectivity index (χ1v) is 8.29. The van der Waals surface area contributed by atoms with Gasteiger partial charge in [-0.05, 0) is 43.7 Å². The number of aromatic nitrogens is 4. The fraction of sp³-hybridized carbons (Fsp3) is 0.312. The number of halogens is 1. The average molecular weight is 358 g/mol. The maximum Gasteiger partial charge on any atom is 0.177 e. The first-order valence-electron chi connectivity index (χ1n) is 7.50. The number of nitrogens with zero attached hydrogens (tertiary/aromatic N) is 4. The summed E-state index contributed by atoms with van der Waals surface area (Å²) in [7, 11) is 0. The molecule has 0 unspecified atom stereocenters. The number of hydrogen-bond donors (Lipinski definition) is 1. The van der Waals surface area contributed by atoms with Crippen LogP contribution in [0.2, 0.25) is 0 Å². The van der Waals surface area contributed by atoms with Crippen molar-refractivity contribution in [1.82, 2.24) is 25.1 Å². The van der Waals surface area contributed by atoms with Crippen molar-refractivity contribution in [3.05, 3.63) is 46.7 Å². The molecular formula is C16H16BrN5. The zero-order valence-corrected chi connectivity index (χ0v) is 13.6. The molecule has 1 atom stereocenters. The molecule has 0 amide bonds. The second-order valence-electron chi connectivity index (χ2n) is 5.60. The van der Waals surface area contributed by atoms with Crippen molar-refractivity contribution in [2.24, 2.45) is 0 Å². The summed E-state index contributed by atoms with van der Waals surface area (Å²) in [6.07, 6.45) is 2.31. The van der Waals surface area contributed by atoms with Gasteiger partial charge in [0.2, 0.25) is 0 Å². The van der Waals surface area contributed by atoms with Crippen LogP contribution in [0.1, 0.15) is 24.6 Å². The van der Waals surface area contributed by atoms with Gasteiger partial charge in [-0.15, -0.1) is 10.2 Å². The SMILES string of the molecule is Brc1ccc(-c2ccc3nnc([C@H]4CCCNC4)n3n2)cc1. The average Bonchev–Trinajstić information content (AvgIpc) is 2.99. The molecule has 0 aliphatic carbocycles. The van der Waals surface area contributed by atoms with E-state index >= 15 is 0 Å². The number of nitrogens with one attached hydrogen (secondary N) is 1. The fourth-order valence-electron chi connectivity index (χ4n) is 2.91. The molecule has 0 radical (unpaired) electrons. The molecule has 22 heavy (non-hydrogen) atoms. The quantitative estimate of drug-likeness (QED) is 0.765. The molecule has 1 aromatic carbocycles. The third kappa shape index (κ3) is 2.53. The van der Waals surface area contributed by atoms with Crippen LogP contribution in [0, 0.1) is 0 Å². The number of fused-ring (bicyclic) bond motifs is 1. The third-order valence-electron chi connectivity index (χ3n) is 4.09. The molecule has 1 fully saturated rings. The Bertz CT molecular complexity index is 790. The minimum atomic E-state index is 0.386. The second-order valence-corrected chi connectivity index (χ2v) is 6.51. The van der Waals surface area contributed by atoms with Crippen LogP contribution < -0.4 is 5.32 Å². The minimum absolute atomic E-state index is 0.386. The Kier molecular flexibility index (Phi) is 3.63. The van der Waals surface area contributed by atoms with Crippen LogP contribution in [0.3, 0.4) is 0 Å². The number of piperidine rings is 1. The van der Waals surface area contributed by atoms with Crippen molar-refractivity contribution in [3.63, 3.8) is 0 Å². The molecule has 1 saturated heterocycles. The number of benzene rings is 1. The van der Waals surface area contributed by atoms with Crippen LogP contribution in [-0.2, 0) is 0 Å². The van der Waals surface area contributed by atoms with E-state index in [9.17, 15) is 0 Å². The highest BCUT2D eigenvalue weighted by Crippen LogP contribution is 2.24. The molecule has 2 aromatic heterocycles. The third-order valence-corrected chi connectivity index (χ3v) is 4.62. The van der Waals surface area contributed by atoms with E-state index in [1.54, 1.807) is 0 Å². The Labute approximate surface area is 136 Å². The molecule has 1 aliphatic heterocycles. The minimum Gasteiger partial charge on any atom is -0.316 e. The molecule has 3 heterocycles. The maximum atomic E-state index is 4.76. The smallest absolute Gasteiger partial charge is 0.177 e. The summed E-state index contributed by atoms with van der Waals surface area (Å²) < 4.78 is 2.96. The highest BCUT2D eigenvalue weighted by Gasteiger charge is 2.21. The van der Waals surface area contributed by atoms with Crippen LogP contribution in [0.5, 0.6) is 0 Å². The van der Waals surface area contributed by atoms with Gasteiger partial charge in [-0.1, -0.05) is 28.1 Å². The molecule has 4 rings (SSSR count). The molecule has 1 N–H and O–H groups in total. The predicted octanol–water partition coefficient (Wildman–Crippen LogP) is 3.02. The molecule has 0 spiro atoms. The molecule has 0 saturated carbocycles. The molecule has 112 valence electrons. The monoisotopic (exact) mass is 357 g/mol. The summed E-state index contributed by atoms with van der Waals surface area (Å²) in [5.41, 5.74) is 2.83. The summed E-state index contributed by atoms with van der Waals surface area (Å²) in [4.78, 5) is 0. The van der Waals surface area contributed by atoms with Crippen LogP contribution in [-0.4, -0.2) is 32.9 Å². The van der Waals surface area contributed by atoms with Crippen molar-refractivity contribution in [3.8, 4) is 11.3 Å². The molecule has 6 heteroatoms. The van der Waals surface area contributed by atoms with Gasteiger partial charge in [0, 0.05) is 22.5 Å². The van der Waals surface area contributed by atoms with Crippen LogP contribution >= 0.6 is 15.9 Å². The van der Waals surface area contributed by atoms with E-state index in [1.807, 2.05) is 28.8 Å². The molecule has 0 bridgehead atoms. The van der Waals surface area contributed by atoms with Crippen LogP contribution in [0.25, 0.3) is 16.9 Å². The summed E-state index contributed by atoms with van der Waals surface area (Å²) in [6.45, 7) is 2.04. The molecular weight excluding hydrogens is 342 g/mol. The first kappa shape index (κ1) is 13.8. The Morgan fingerprint density at radius 2 is 1.95 bits per heavy atom. The van der Waals surface area contributed by atoms with Gasteiger partial charge in [0.1, 0.15) is 0 Å². The van der Waals surface area contributed by atoms with E-state index in [0.29, 0.717) is 5.92 Å². The van der Waals surface area contributed by atoms with Crippen molar-refractivity contribution in [2.75, 3.05) is 13.1 Å². The zero-order valence-electron chi connectivity index (χ0n) is 12.0. The summed E-state index contributed by atoms with van der Waals surface area (Å²) >= 11 is 3.46. The Hall–Kier alpha value is -1.79. The Morgan fingerprint density at radius 3 is 2.73 bits per heavy atom. The number of rotatable bonds is 2. The summed E-state index contributed by atoms with van der Waals surface area (Å²) in [5.74, 6) is 1.34. The second kappa shape index (κ2) is 5.78. The van der Waals surface area contributed by atoms with Crippen molar-refractivity contribution >= 4 is 21.6 Å². The first-order chi connectivity index (χ1) is 10.8. The molecule has 5 nitrogen and oxygen atoms in total. The standard InChI is InChI=1S/C16H16BrN5/c17-13-5-3-11(4-6-13)14-7-8-15-19-20-16(22(15)21-14)12-2-1-9-18-10-12/h3-8,12,18H,1-2,9-10H2/t12-/m0/s1. The Morgan fingerprint density at radius 1 is 1.09 bits per heavy atom. The van der Waals surface area contributed by atoms with Crippen molar-refractivity contribution < 1.29 is 0 Å². The van der Waals surface area contributed by atoms with Crippen LogP contribution in [0.15, 0.2) is 40.9 Å². The normalized spacial score (nSPS) is 18.7. The topological polar surface area (TPSA) is 55.1 Å². The highest BCUT2D eigenvalue weighted by atomic mass is 79.9. The van der Waals surface area contributed by atoms with E-state index in [0.717, 1.165) is 46.7 Å². The van der Waals surface area contributed by atoms with E-state index in [4.69, 9.17) is 5.10 Å². The lowest BCUT2D eigenvalue weighted by Crippen LogP contribution is -2.29. The lowest BCUT2D eigenvalue weighted by atomic mass is 9.99. The lowest BCUT2D eigenvalue weighted by Gasteiger charge is -2.20. The summed E-state index contributed by atoms with van der Waals surface area (Å²) in [6, 6.07) is 12.2. The maximum absolute atomic E-state index is 4.76. The van der Waals surface area contributed by atoms with E-state index < -0.39 is 0 Å². The van der Waals surface area contributed by atoms with Gasteiger partial charge in [-0.2, -0.15) is 9.61 Å².